The van der Waals surface area contributed by atoms with E-state index in [9.17, 15) is 19.2 Å². The Balaban J connectivity index is 1.32. The lowest BCUT2D eigenvalue weighted by atomic mass is 9.63. The molecule has 2 saturated carbocycles. The molecule has 31 heavy (non-hydrogen) atoms. The van der Waals surface area contributed by atoms with Gasteiger partial charge in [-0.25, -0.2) is 4.79 Å². The van der Waals surface area contributed by atoms with Crippen molar-refractivity contribution in [3.05, 3.63) is 47.5 Å². The van der Waals surface area contributed by atoms with Crippen molar-refractivity contribution in [3.8, 4) is 0 Å². The second kappa shape index (κ2) is 7.14. The topological polar surface area (TPSA) is 80.8 Å². The van der Waals surface area contributed by atoms with Crippen molar-refractivity contribution in [2.24, 2.45) is 41.4 Å². The lowest BCUT2D eigenvalue weighted by molar-refractivity contribution is -0.160. The standard InChI is InChI=1S/C25H27NO5/c1-12(2)22(25(30)31-11-19(27)14-6-4-13(3)5-7-14)26-23(28)20-15-8-9-16(18-10-17(15)18)21(20)24(26)29/h4-9,12,15-18,20-22H,10-11H2,1-3H3/t15-,16-,17-,18-,20-,21+,22-/m0/s1. The van der Waals surface area contributed by atoms with Crippen molar-refractivity contribution in [2.75, 3.05) is 6.61 Å². The molecule has 1 aromatic rings. The third-order valence-electron chi connectivity index (χ3n) is 7.57. The molecule has 6 heteroatoms. The van der Waals surface area contributed by atoms with Crippen LogP contribution in [0.15, 0.2) is 36.4 Å². The third-order valence-corrected chi connectivity index (χ3v) is 7.57. The number of likely N-dealkylation sites (tertiary alicyclic amines) is 1. The van der Waals surface area contributed by atoms with Crippen molar-refractivity contribution in [1.29, 1.82) is 0 Å². The Morgan fingerprint density at radius 2 is 1.55 bits per heavy atom. The number of allylic oxidation sites excluding steroid dienone is 2. The number of aryl methyl sites for hydroxylation is 1. The van der Waals surface area contributed by atoms with Crippen molar-refractivity contribution >= 4 is 23.6 Å². The van der Waals surface area contributed by atoms with E-state index in [2.05, 4.69) is 12.2 Å². The van der Waals surface area contributed by atoms with Crippen LogP contribution in [-0.2, 0) is 19.1 Å². The van der Waals surface area contributed by atoms with Gasteiger partial charge in [0.15, 0.2) is 12.4 Å². The summed E-state index contributed by atoms with van der Waals surface area (Å²) in [5, 5.41) is 0. The van der Waals surface area contributed by atoms with Crippen LogP contribution in [-0.4, -0.2) is 41.1 Å². The minimum atomic E-state index is -1.01. The van der Waals surface area contributed by atoms with Crippen LogP contribution in [0.2, 0.25) is 0 Å². The van der Waals surface area contributed by atoms with Crippen LogP contribution in [0.25, 0.3) is 0 Å². The van der Waals surface area contributed by atoms with Crippen molar-refractivity contribution in [2.45, 2.75) is 33.2 Å². The highest BCUT2D eigenvalue weighted by Gasteiger charge is 2.68. The molecule has 6 rings (SSSR count). The molecule has 1 aliphatic heterocycles. The van der Waals surface area contributed by atoms with Gasteiger partial charge in [-0.2, -0.15) is 0 Å². The van der Waals surface area contributed by atoms with Crippen LogP contribution in [0, 0.1) is 48.3 Å². The SMILES string of the molecule is Cc1ccc(C(=O)COC(=O)[C@H](C(C)C)N2C(=O)[C@@H]3[C@H]4C=C[C@@H]([C@@H]5C[C@@H]45)[C@@H]3C2=O)cc1. The molecule has 162 valence electrons. The highest BCUT2D eigenvalue weighted by Crippen LogP contribution is 2.65. The zero-order valence-electron chi connectivity index (χ0n) is 18.0. The van der Waals surface area contributed by atoms with Gasteiger partial charge in [-0.05, 0) is 42.9 Å². The molecule has 4 aliphatic carbocycles. The zero-order chi connectivity index (χ0) is 22.0. The van der Waals surface area contributed by atoms with E-state index in [1.165, 1.54) is 0 Å². The van der Waals surface area contributed by atoms with E-state index in [1.807, 2.05) is 19.1 Å². The Bertz CT molecular complexity index is 958. The summed E-state index contributed by atoms with van der Waals surface area (Å²) in [6.07, 6.45) is 5.31. The first-order chi connectivity index (χ1) is 14.8. The maximum atomic E-state index is 13.3. The molecule has 0 N–H and O–H groups in total. The fourth-order valence-corrected chi connectivity index (χ4v) is 5.97. The van der Waals surface area contributed by atoms with Gasteiger partial charge in [-0.3, -0.25) is 19.3 Å². The predicted molar refractivity (Wildman–Crippen MR) is 112 cm³/mol. The Kier molecular flexibility index (Phi) is 4.65. The first-order valence-electron chi connectivity index (χ1n) is 11.1. The van der Waals surface area contributed by atoms with Crippen LogP contribution in [0.4, 0.5) is 0 Å². The number of carbonyl (C=O) groups excluding carboxylic acids is 4. The molecule has 7 atom stereocenters. The highest BCUT2D eigenvalue weighted by atomic mass is 16.5. The number of rotatable bonds is 6. The van der Waals surface area contributed by atoms with Crippen LogP contribution >= 0.6 is 0 Å². The minimum absolute atomic E-state index is 0.105. The summed E-state index contributed by atoms with van der Waals surface area (Å²) in [4.78, 5) is 53.2. The fraction of sp³-hybridized carbons (Fsp3) is 0.520. The number of amides is 2. The van der Waals surface area contributed by atoms with Gasteiger partial charge >= 0.3 is 5.97 Å². The Labute approximate surface area is 181 Å². The lowest BCUT2D eigenvalue weighted by Gasteiger charge is -2.37. The summed E-state index contributed by atoms with van der Waals surface area (Å²) in [5.74, 6) is -1.30. The summed E-state index contributed by atoms with van der Waals surface area (Å²) >= 11 is 0. The van der Waals surface area contributed by atoms with Gasteiger partial charge in [0, 0.05) is 5.56 Å². The van der Waals surface area contributed by atoms with E-state index < -0.39 is 18.6 Å². The number of hydrogen-bond acceptors (Lipinski definition) is 5. The molecule has 1 saturated heterocycles. The van der Waals surface area contributed by atoms with Crippen LogP contribution < -0.4 is 0 Å². The van der Waals surface area contributed by atoms with Crippen LogP contribution in [0.1, 0.15) is 36.2 Å². The van der Waals surface area contributed by atoms with E-state index >= 15 is 0 Å². The fourth-order valence-electron chi connectivity index (χ4n) is 5.97. The predicted octanol–water partition coefficient (Wildman–Crippen LogP) is 2.80. The lowest BCUT2D eigenvalue weighted by Crippen LogP contribution is -2.49. The number of imide groups is 1. The summed E-state index contributed by atoms with van der Waals surface area (Å²) < 4.78 is 5.32. The molecule has 2 amide bonds. The first kappa shape index (κ1) is 20.2. The molecule has 0 radical (unpaired) electrons. The number of ether oxygens (including phenoxy) is 1. The van der Waals surface area contributed by atoms with E-state index in [1.54, 1.807) is 26.0 Å². The van der Waals surface area contributed by atoms with Gasteiger partial charge < -0.3 is 4.74 Å². The van der Waals surface area contributed by atoms with E-state index in [-0.39, 0.29) is 47.2 Å². The minimum Gasteiger partial charge on any atom is -0.456 e. The van der Waals surface area contributed by atoms with Crippen molar-refractivity contribution in [3.63, 3.8) is 0 Å². The number of benzene rings is 1. The molecule has 0 spiro atoms. The monoisotopic (exact) mass is 421 g/mol. The Morgan fingerprint density at radius 3 is 2.06 bits per heavy atom. The van der Waals surface area contributed by atoms with E-state index in [0.29, 0.717) is 17.4 Å². The number of nitrogens with zero attached hydrogens (tertiary/aromatic N) is 1. The normalized spacial score (nSPS) is 33.4. The largest absolute Gasteiger partial charge is 0.456 e. The molecule has 0 unspecified atom stereocenters. The maximum absolute atomic E-state index is 13.3. The van der Waals surface area contributed by atoms with Gasteiger partial charge in [0.2, 0.25) is 11.8 Å². The molecular formula is C25H27NO5. The molecular weight excluding hydrogens is 394 g/mol. The molecule has 5 aliphatic rings. The third kappa shape index (κ3) is 3.07. The molecule has 2 bridgehead atoms. The van der Waals surface area contributed by atoms with Crippen molar-refractivity contribution in [1.82, 2.24) is 4.90 Å². The molecule has 3 fully saturated rings. The molecule has 0 aromatic heterocycles. The zero-order valence-corrected chi connectivity index (χ0v) is 18.0. The second-order valence-electron chi connectivity index (χ2n) is 9.79. The molecule has 6 nitrogen and oxygen atoms in total. The Morgan fingerprint density at radius 1 is 1.00 bits per heavy atom. The number of carbonyl (C=O) groups is 4. The maximum Gasteiger partial charge on any atom is 0.330 e. The quantitative estimate of drug-likeness (QED) is 0.305. The second-order valence-corrected chi connectivity index (χ2v) is 9.79. The smallest absolute Gasteiger partial charge is 0.330 e. The molecule has 1 aromatic carbocycles. The average Bonchev–Trinajstić information content (AvgIpc) is 3.53. The highest BCUT2D eigenvalue weighted by molar-refractivity contribution is 6.09. The number of hydrogen-bond donors (Lipinski definition) is 0. The number of esters is 1. The summed E-state index contributed by atoms with van der Waals surface area (Å²) in [6, 6.07) is 6.02. The Hall–Kier alpha value is -2.76. The van der Waals surface area contributed by atoms with Crippen LogP contribution in [0.3, 0.4) is 0 Å². The molecule has 1 heterocycles. The van der Waals surface area contributed by atoms with Gasteiger partial charge in [0.05, 0.1) is 11.8 Å². The summed E-state index contributed by atoms with van der Waals surface area (Å²) in [7, 11) is 0. The summed E-state index contributed by atoms with van der Waals surface area (Å²) in [5.41, 5.74) is 1.49. The van der Waals surface area contributed by atoms with E-state index in [4.69, 9.17) is 4.74 Å². The van der Waals surface area contributed by atoms with Gasteiger partial charge in [0.25, 0.3) is 0 Å². The van der Waals surface area contributed by atoms with Gasteiger partial charge in [0.1, 0.15) is 6.04 Å². The number of Topliss-reactive ketones (excluding diaryl/α,β-unsaturated/α-hetero) is 1. The number of ketones is 1. The average molecular weight is 421 g/mol. The van der Waals surface area contributed by atoms with Crippen LogP contribution in [0.5, 0.6) is 0 Å². The van der Waals surface area contributed by atoms with Gasteiger partial charge in [-0.15, -0.1) is 0 Å². The first-order valence-corrected chi connectivity index (χ1v) is 11.1. The van der Waals surface area contributed by atoms with Crippen molar-refractivity contribution < 1.29 is 23.9 Å². The summed E-state index contributed by atoms with van der Waals surface area (Å²) in [6.45, 7) is 5.10. The van der Waals surface area contributed by atoms with E-state index in [0.717, 1.165) is 16.9 Å². The van der Waals surface area contributed by atoms with Gasteiger partial charge in [-0.1, -0.05) is 55.8 Å².